The van der Waals surface area contributed by atoms with Gasteiger partial charge >= 0.3 is 0 Å². The molecule has 0 amide bonds. The minimum Gasteiger partial charge on any atom is -0.386 e. The van der Waals surface area contributed by atoms with Crippen LogP contribution in [-0.2, 0) is 14.3 Å². The van der Waals surface area contributed by atoms with E-state index < -0.39 is 29.0 Å². The van der Waals surface area contributed by atoms with Crippen molar-refractivity contribution in [3.8, 4) is 0 Å². The van der Waals surface area contributed by atoms with Crippen LogP contribution in [0.1, 0.15) is 48.0 Å². The van der Waals surface area contributed by atoms with Crippen molar-refractivity contribution in [2.45, 2.75) is 71.6 Å². The van der Waals surface area contributed by atoms with Crippen molar-refractivity contribution < 1.29 is 24.5 Å². The number of aliphatic hydroxyl groups excluding tert-OH is 1. The summed E-state index contributed by atoms with van der Waals surface area (Å²) in [6.07, 6.45) is 2.85. The summed E-state index contributed by atoms with van der Waals surface area (Å²) in [5.74, 6) is -0.504. The third-order valence-electron chi connectivity index (χ3n) is 8.71. The van der Waals surface area contributed by atoms with E-state index in [-0.39, 0.29) is 29.0 Å². The smallest absolute Gasteiger partial charge is 0.164 e. The molecule has 28 heavy (non-hydrogen) atoms. The average molecular weight is 389 g/mol. The molecule has 4 aliphatic carbocycles. The molecule has 3 fully saturated rings. The van der Waals surface area contributed by atoms with Crippen molar-refractivity contribution in [2.75, 3.05) is 6.61 Å². The maximum absolute atomic E-state index is 14.1. The molecular weight excluding hydrogens is 356 g/mol. The number of Topliss-reactive ketones (excluding diaryl/α,β-unsaturated/α-hetero) is 1. The van der Waals surface area contributed by atoms with Gasteiger partial charge in [0.05, 0.1) is 12.0 Å². The molecule has 2 saturated carbocycles. The molecular formula is C23H32O5. The summed E-state index contributed by atoms with van der Waals surface area (Å²) in [6.45, 7) is 12.3. The highest BCUT2D eigenvalue weighted by Gasteiger charge is 2.76. The lowest BCUT2D eigenvalue weighted by Crippen LogP contribution is -2.67. The minimum absolute atomic E-state index is 0.0415. The van der Waals surface area contributed by atoms with Gasteiger partial charge in [0.25, 0.3) is 0 Å². The summed E-state index contributed by atoms with van der Waals surface area (Å²) in [5, 5.41) is 23.4. The van der Waals surface area contributed by atoms with E-state index in [1.807, 2.05) is 32.9 Å². The van der Waals surface area contributed by atoms with Crippen molar-refractivity contribution in [2.24, 2.45) is 34.5 Å². The first-order valence-electron chi connectivity index (χ1n) is 10.5. The normalized spacial score (nSPS) is 53.1. The number of fused-ring (bicyclic) bond motifs is 5. The second-order valence-electron chi connectivity index (χ2n) is 10.9. The number of allylic oxidation sites excluding steroid dienone is 1. The Morgan fingerprint density at radius 3 is 2.57 bits per heavy atom. The summed E-state index contributed by atoms with van der Waals surface area (Å²) in [5.41, 5.74) is -1.29. The fraction of sp³-hybridized carbons (Fsp3) is 0.783. The van der Waals surface area contributed by atoms with Crippen molar-refractivity contribution >= 4 is 5.78 Å². The van der Waals surface area contributed by atoms with Crippen molar-refractivity contribution in [3.05, 3.63) is 23.3 Å². The quantitative estimate of drug-likeness (QED) is 0.624. The Kier molecular flexibility index (Phi) is 3.51. The maximum atomic E-state index is 14.1. The van der Waals surface area contributed by atoms with Crippen molar-refractivity contribution in [3.63, 3.8) is 0 Å². The first-order chi connectivity index (χ1) is 12.9. The van der Waals surface area contributed by atoms with Crippen LogP contribution in [0.25, 0.3) is 0 Å². The molecule has 5 heteroatoms. The molecule has 0 aromatic carbocycles. The number of carbonyl (C=O) groups is 1. The van der Waals surface area contributed by atoms with Crippen LogP contribution in [0.3, 0.4) is 0 Å². The van der Waals surface area contributed by atoms with Crippen LogP contribution < -0.4 is 0 Å². The SMILES string of the molecule is CC1=C[C@@]23C(=O)[C@H](C=C4COC(C)(C)O[C@@H]4[C@@]2(O)[C@@H]1O)[C@@H]1[C@H](C[C@@H]3C)C1(C)C. The standard InChI is InChI=1S/C23H32O5/c1-11-9-22-12(2)7-15-16(20(15,3)4)14(18(22)25)8-13-10-27-21(5,6)28-19(13)23(22,26)17(11)24/h8-9,12,14-17,19,24,26H,7,10H2,1-6H3/t12-,14+,15-,16+,17+,19-,22+,23-/m0/s1. The molecule has 5 rings (SSSR count). The Balaban J connectivity index is 1.77. The van der Waals surface area contributed by atoms with Crippen LogP contribution >= 0.6 is 0 Å². The minimum atomic E-state index is -1.71. The molecule has 2 N–H and O–H groups in total. The number of carbonyl (C=O) groups excluding carboxylic acids is 1. The summed E-state index contributed by atoms with van der Waals surface area (Å²) in [4.78, 5) is 14.1. The molecule has 2 bridgehead atoms. The molecule has 0 radical (unpaired) electrons. The Morgan fingerprint density at radius 1 is 1.21 bits per heavy atom. The first-order valence-corrected chi connectivity index (χ1v) is 10.5. The first kappa shape index (κ1) is 19.0. The Hall–Kier alpha value is -1.01. The average Bonchev–Trinajstić information content (AvgIpc) is 3.10. The van der Waals surface area contributed by atoms with Crippen LogP contribution in [0, 0.1) is 34.5 Å². The molecule has 1 heterocycles. The molecule has 1 spiro atoms. The molecule has 5 aliphatic rings. The molecule has 0 unspecified atom stereocenters. The lowest BCUT2D eigenvalue weighted by Gasteiger charge is -2.52. The van der Waals surface area contributed by atoms with E-state index in [1.165, 1.54) is 0 Å². The summed E-state index contributed by atoms with van der Waals surface area (Å²) >= 11 is 0. The summed E-state index contributed by atoms with van der Waals surface area (Å²) in [6, 6.07) is 0. The van der Waals surface area contributed by atoms with E-state index in [4.69, 9.17) is 9.47 Å². The second kappa shape index (κ2) is 5.18. The predicted octanol–water partition coefficient (Wildman–Crippen LogP) is 2.61. The molecule has 0 aromatic heterocycles. The summed E-state index contributed by atoms with van der Waals surface area (Å²) < 4.78 is 12.1. The lowest BCUT2D eigenvalue weighted by atomic mass is 9.59. The fourth-order valence-electron chi connectivity index (χ4n) is 7.14. The molecule has 154 valence electrons. The van der Waals surface area contributed by atoms with Crippen LogP contribution in [0.5, 0.6) is 0 Å². The van der Waals surface area contributed by atoms with E-state index in [1.54, 1.807) is 0 Å². The number of rotatable bonds is 0. The van der Waals surface area contributed by atoms with Gasteiger partial charge in [-0.15, -0.1) is 0 Å². The zero-order valence-electron chi connectivity index (χ0n) is 17.7. The van der Waals surface area contributed by atoms with Gasteiger partial charge in [0.2, 0.25) is 0 Å². The third-order valence-corrected chi connectivity index (χ3v) is 8.71. The van der Waals surface area contributed by atoms with Gasteiger partial charge in [0.1, 0.15) is 17.8 Å². The lowest BCUT2D eigenvalue weighted by molar-refractivity contribution is -0.303. The van der Waals surface area contributed by atoms with Gasteiger partial charge in [-0.1, -0.05) is 32.9 Å². The van der Waals surface area contributed by atoms with Crippen LogP contribution in [0.2, 0.25) is 0 Å². The largest absolute Gasteiger partial charge is 0.386 e. The van der Waals surface area contributed by atoms with E-state index in [0.29, 0.717) is 18.1 Å². The van der Waals surface area contributed by atoms with Crippen LogP contribution in [-0.4, -0.2) is 46.2 Å². The molecule has 5 nitrogen and oxygen atoms in total. The Labute approximate surface area is 166 Å². The predicted molar refractivity (Wildman–Crippen MR) is 103 cm³/mol. The maximum Gasteiger partial charge on any atom is 0.164 e. The number of ketones is 1. The van der Waals surface area contributed by atoms with E-state index in [0.717, 1.165) is 12.0 Å². The van der Waals surface area contributed by atoms with E-state index >= 15 is 0 Å². The zero-order chi connectivity index (χ0) is 20.4. The van der Waals surface area contributed by atoms with Gasteiger partial charge in [-0.25, -0.2) is 0 Å². The second-order valence-corrected chi connectivity index (χ2v) is 10.9. The number of aliphatic hydroxyl groups is 2. The Morgan fingerprint density at radius 2 is 1.89 bits per heavy atom. The monoisotopic (exact) mass is 388 g/mol. The van der Waals surface area contributed by atoms with E-state index in [9.17, 15) is 15.0 Å². The van der Waals surface area contributed by atoms with Crippen molar-refractivity contribution in [1.82, 2.24) is 0 Å². The highest BCUT2D eigenvalue weighted by molar-refractivity contribution is 5.95. The van der Waals surface area contributed by atoms with Gasteiger partial charge in [0, 0.05) is 5.92 Å². The molecule has 0 aromatic rings. The Bertz CT molecular complexity index is 823. The molecule has 1 saturated heterocycles. The van der Waals surface area contributed by atoms with Gasteiger partial charge in [-0.2, -0.15) is 0 Å². The van der Waals surface area contributed by atoms with Gasteiger partial charge < -0.3 is 19.7 Å². The van der Waals surface area contributed by atoms with Gasteiger partial charge in [0.15, 0.2) is 11.6 Å². The fourth-order valence-corrected chi connectivity index (χ4v) is 7.14. The van der Waals surface area contributed by atoms with Crippen LogP contribution in [0.4, 0.5) is 0 Å². The molecule has 8 atom stereocenters. The third kappa shape index (κ3) is 1.95. The highest BCUT2D eigenvalue weighted by atomic mass is 16.7. The number of ether oxygens (including phenoxy) is 2. The van der Waals surface area contributed by atoms with Gasteiger partial charge in [-0.05, 0) is 61.5 Å². The van der Waals surface area contributed by atoms with E-state index in [2.05, 4.69) is 20.8 Å². The summed E-state index contributed by atoms with van der Waals surface area (Å²) in [7, 11) is 0. The van der Waals surface area contributed by atoms with Gasteiger partial charge in [-0.3, -0.25) is 4.79 Å². The van der Waals surface area contributed by atoms with Crippen molar-refractivity contribution in [1.29, 1.82) is 0 Å². The topological polar surface area (TPSA) is 76.0 Å². The number of hydrogen-bond acceptors (Lipinski definition) is 5. The molecule has 1 aliphatic heterocycles. The zero-order valence-corrected chi connectivity index (χ0v) is 17.7. The number of hydrogen-bond donors (Lipinski definition) is 2. The van der Waals surface area contributed by atoms with Crippen LogP contribution in [0.15, 0.2) is 23.3 Å². The highest BCUT2D eigenvalue weighted by Crippen LogP contribution is 2.72.